The first-order valence-corrected chi connectivity index (χ1v) is 8.30. The van der Waals surface area contributed by atoms with Crippen molar-refractivity contribution >= 4 is 5.91 Å². The first-order chi connectivity index (χ1) is 11.8. The van der Waals surface area contributed by atoms with E-state index in [0.717, 1.165) is 25.9 Å². The molecule has 0 aliphatic carbocycles. The van der Waals surface area contributed by atoms with Crippen molar-refractivity contribution in [3.63, 3.8) is 0 Å². The van der Waals surface area contributed by atoms with Gasteiger partial charge in [0, 0.05) is 18.9 Å². The summed E-state index contributed by atoms with van der Waals surface area (Å²) in [7, 11) is 1.61. The van der Waals surface area contributed by atoms with E-state index in [0.29, 0.717) is 24.5 Å². The van der Waals surface area contributed by atoms with Crippen LogP contribution in [0.4, 0.5) is 0 Å². The van der Waals surface area contributed by atoms with Crippen molar-refractivity contribution in [1.29, 1.82) is 0 Å². The second kappa shape index (κ2) is 7.86. The van der Waals surface area contributed by atoms with Crippen molar-refractivity contribution in [2.45, 2.75) is 31.8 Å². The summed E-state index contributed by atoms with van der Waals surface area (Å²) < 4.78 is 12.8. The van der Waals surface area contributed by atoms with Crippen LogP contribution in [-0.2, 0) is 11.3 Å². The standard InChI is InChI=1S/C18H23N3O3/c1-23-16-7-2-3-8-17(16)24-13-9-18(22)21-12-4-6-15(21)14-20-11-5-10-19-20/h2-3,5,7-8,10-11,15H,4,6,9,12-14H2,1H3/t15-/m1/s1. The number of hydrogen-bond donors (Lipinski definition) is 0. The monoisotopic (exact) mass is 329 g/mol. The van der Waals surface area contributed by atoms with Crippen LogP contribution in [0, 0.1) is 0 Å². The molecule has 6 nitrogen and oxygen atoms in total. The zero-order valence-electron chi connectivity index (χ0n) is 13.9. The van der Waals surface area contributed by atoms with E-state index in [9.17, 15) is 4.79 Å². The van der Waals surface area contributed by atoms with Gasteiger partial charge in [-0.05, 0) is 31.0 Å². The lowest BCUT2D eigenvalue weighted by Crippen LogP contribution is -2.38. The van der Waals surface area contributed by atoms with E-state index in [1.165, 1.54) is 0 Å². The average Bonchev–Trinajstić information content (AvgIpc) is 3.27. The maximum absolute atomic E-state index is 12.5. The normalized spacial score (nSPS) is 17.0. The van der Waals surface area contributed by atoms with Gasteiger partial charge in [0.1, 0.15) is 0 Å². The second-order valence-electron chi connectivity index (χ2n) is 5.86. The number of nitrogens with zero attached hydrogens (tertiary/aromatic N) is 3. The Labute approximate surface area is 142 Å². The predicted octanol–water partition coefficient (Wildman–Crippen LogP) is 2.35. The van der Waals surface area contributed by atoms with Crippen molar-refractivity contribution in [2.75, 3.05) is 20.3 Å². The number of likely N-dealkylation sites (tertiary alicyclic amines) is 1. The SMILES string of the molecule is COc1ccccc1OCCC(=O)N1CCC[C@@H]1Cn1cccn1. The zero-order valence-corrected chi connectivity index (χ0v) is 13.9. The van der Waals surface area contributed by atoms with Gasteiger partial charge >= 0.3 is 0 Å². The zero-order chi connectivity index (χ0) is 16.8. The highest BCUT2D eigenvalue weighted by Gasteiger charge is 2.28. The van der Waals surface area contributed by atoms with E-state index >= 15 is 0 Å². The van der Waals surface area contributed by atoms with Crippen LogP contribution in [0.3, 0.4) is 0 Å². The number of benzene rings is 1. The molecule has 1 aliphatic heterocycles. The minimum absolute atomic E-state index is 0.138. The Morgan fingerprint density at radius 2 is 2.12 bits per heavy atom. The summed E-state index contributed by atoms with van der Waals surface area (Å²) >= 11 is 0. The highest BCUT2D eigenvalue weighted by atomic mass is 16.5. The molecule has 6 heteroatoms. The number of carbonyl (C=O) groups excluding carboxylic acids is 1. The molecule has 1 aromatic heterocycles. The fourth-order valence-corrected chi connectivity index (χ4v) is 3.11. The van der Waals surface area contributed by atoms with Crippen LogP contribution in [0.5, 0.6) is 11.5 Å². The third kappa shape index (κ3) is 3.88. The number of hydrogen-bond acceptors (Lipinski definition) is 4. The fraction of sp³-hybridized carbons (Fsp3) is 0.444. The van der Waals surface area contributed by atoms with Gasteiger partial charge in [-0.2, -0.15) is 5.10 Å². The molecule has 0 bridgehead atoms. The Kier molecular flexibility index (Phi) is 5.36. The van der Waals surface area contributed by atoms with Gasteiger partial charge < -0.3 is 14.4 Å². The predicted molar refractivity (Wildman–Crippen MR) is 90.1 cm³/mol. The van der Waals surface area contributed by atoms with Crippen LogP contribution in [0.2, 0.25) is 0 Å². The fourth-order valence-electron chi connectivity index (χ4n) is 3.11. The average molecular weight is 329 g/mol. The van der Waals surface area contributed by atoms with E-state index in [4.69, 9.17) is 9.47 Å². The molecule has 1 atom stereocenters. The first-order valence-electron chi connectivity index (χ1n) is 8.30. The molecule has 128 valence electrons. The summed E-state index contributed by atoms with van der Waals surface area (Å²) in [6, 6.07) is 9.60. The van der Waals surface area contributed by atoms with Crippen LogP contribution in [0.15, 0.2) is 42.7 Å². The molecule has 1 amide bonds. The summed E-state index contributed by atoms with van der Waals surface area (Å²) in [5.41, 5.74) is 0. The topological polar surface area (TPSA) is 56.6 Å². The smallest absolute Gasteiger partial charge is 0.226 e. The molecule has 2 aromatic rings. The number of methoxy groups -OCH3 is 1. The first kappa shape index (κ1) is 16.4. The molecule has 0 radical (unpaired) electrons. The van der Waals surface area contributed by atoms with Crippen LogP contribution in [-0.4, -0.2) is 46.9 Å². The maximum atomic E-state index is 12.5. The third-order valence-electron chi connectivity index (χ3n) is 4.30. The third-order valence-corrected chi connectivity index (χ3v) is 4.30. The summed E-state index contributed by atoms with van der Waals surface area (Å²) in [6.45, 7) is 1.93. The molecular weight excluding hydrogens is 306 g/mol. The maximum Gasteiger partial charge on any atom is 0.226 e. The lowest BCUT2D eigenvalue weighted by atomic mass is 10.2. The molecule has 2 heterocycles. The molecule has 0 unspecified atom stereocenters. The Balaban J connectivity index is 1.50. The summed E-state index contributed by atoms with van der Waals surface area (Å²) in [5, 5.41) is 4.23. The summed E-state index contributed by atoms with van der Waals surface area (Å²) in [4.78, 5) is 14.5. The van der Waals surface area contributed by atoms with Gasteiger partial charge in [-0.1, -0.05) is 12.1 Å². The molecular formula is C18H23N3O3. The molecule has 1 aliphatic rings. The van der Waals surface area contributed by atoms with E-state index in [1.54, 1.807) is 13.3 Å². The van der Waals surface area contributed by atoms with E-state index in [1.807, 2.05) is 46.1 Å². The van der Waals surface area contributed by atoms with Gasteiger partial charge in [-0.15, -0.1) is 0 Å². The number of para-hydroxylation sites is 2. The Bertz CT molecular complexity index is 657. The number of rotatable bonds is 7. The molecule has 0 spiro atoms. The lowest BCUT2D eigenvalue weighted by Gasteiger charge is -2.25. The van der Waals surface area contributed by atoms with Crippen molar-refractivity contribution in [3.8, 4) is 11.5 Å². The number of carbonyl (C=O) groups is 1. The second-order valence-corrected chi connectivity index (χ2v) is 5.86. The summed E-state index contributed by atoms with van der Waals surface area (Å²) in [5.74, 6) is 1.49. The van der Waals surface area contributed by atoms with Gasteiger partial charge in [-0.25, -0.2) is 0 Å². The highest BCUT2D eigenvalue weighted by molar-refractivity contribution is 5.77. The molecule has 0 saturated carbocycles. The molecule has 1 aromatic carbocycles. The number of amides is 1. The number of ether oxygens (including phenoxy) is 2. The Morgan fingerprint density at radius 1 is 1.29 bits per heavy atom. The van der Waals surface area contributed by atoms with Crippen LogP contribution in [0.1, 0.15) is 19.3 Å². The van der Waals surface area contributed by atoms with Gasteiger partial charge in [0.2, 0.25) is 5.91 Å². The molecule has 3 rings (SSSR count). The van der Waals surface area contributed by atoms with Crippen molar-refractivity contribution in [3.05, 3.63) is 42.7 Å². The van der Waals surface area contributed by atoms with E-state index in [-0.39, 0.29) is 11.9 Å². The van der Waals surface area contributed by atoms with E-state index in [2.05, 4.69) is 5.10 Å². The Morgan fingerprint density at radius 3 is 2.88 bits per heavy atom. The van der Waals surface area contributed by atoms with Gasteiger partial charge in [-0.3, -0.25) is 9.48 Å². The molecule has 24 heavy (non-hydrogen) atoms. The largest absolute Gasteiger partial charge is 0.493 e. The molecule has 1 fully saturated rings. The van der Waals surface area contributed by atoms with Crippen molar-refractivity contribution in [2.24, 2.45) is 0 Å². The van der Waals surface area contributed by atoms with Gasteiger partial charge in [0.25, 0.3) is 0 Å². The minimum Gasteiger partial charge on any atom is -0.493 e. The van der Waals surface area contributed by atoms with Crippen molar-refractivity contribution in [1.82, 2.24) is 14.7 Å². The quantitative estimate of drug-likeness (QED) is 0.782. The molecule has 1 saturated heterocycles. The lowest BCUT2D eigenvalue weighted by molar-refractivity contribution is -0.132. The van der Waals surface area contributed by atoms with Crippen LogP contribution in [0.25, 0.3) is 0 Å². The van der Waals surface area contributed by atoms with Crippen LogP contribution < -0.4 is 9.47 Å². The van der Waals surface area contributed by atoms with Gasteiger partial charge in [0.15, 0.2) is 11.5 Å². The van der Waals surface area contributed by atoms with Crippen molar-refractivity contribution < 1.29 is 14.3 Å². The van der Waals surface area contributed by atoms with E-state index < -0.39 is 0 Å². The van der Waals surface area contributed by atoms with Crippen LogP contribution >= 0.6 is 0 Å². The molecule has 0 N–H and O–H groups in total. The van der Waals surface area contributed by atoms with Gasteiger partial charge in [0.05, 0.1) is 32.7 Å². The highest BCUT2D eigenvalue weighted by Crippen LogP contribution is 2.26. The summed E-state index contributed by atoms with van der Waals surface area (Å²) in [6.07, 6.45) is 6.14. The minimum atomic E-state index is 0.138. The number of aromatic nitrogens is 2. The Hall–Kier alpha value is -2.50.